The number of hydrogen-bond donors (Lipinski definition) is 2. The fourth-order valence-electron chi connectivity index (χ4n) is 0.652. The van der Waals surface area contributed by atoms with E-state index in [4.69, 9.17) is 5.73 Å². The maximum absolute atomic E-state index is 10.8. The standard InChI is InChI=1S/C7H13BrN2O3/c1-13-7(12)5(8)4-10-3-2-6(9)11/h5,10H,2-4H2,1H3,(H2,9,11). The van der Waals surface area contributed by atoms with Crippen LogP contribution >= 0.6 is 15.9 Å². The lowest BCUT2D eigenvalue weighted by atomic mass is 10.4. The van der Waals surface area contributed by atoms with Crippen LogP contribution in [0.4, 0.5) is 0 Å². The number of carbonyl (C=O) groups is 2. The number of ether oxygens (including phenoxy) is 1. The highest BCUT2D eigenvalue weighted by atomic mass is 79.9. The normalized spacial score (nSPS) is 12.2. The van der Waals surface area contributed by atoms with Crippen LogP contribution in [-0.4, -0.2) is 36.9 Å². The van der Waals surface area contributed by atoms with E-state index in [0.717, 1.165) is 0 Å². The van der Waals surface area contributed by atoms with Crippen LogP contribution in [0, 0.1) is 0 Å². The van der Waals surface area contributed by atoms with Gasteiger partial charge in [-0.25, -0.2) is 0 Å². The molecular formula is C7H13BrN2O3. The van der Waals surface area contributed by atoms with Crippen molar-refractivity contribution < 1.29 is 14.3 Å². The van der Waals surface area contributed by atoms with E-state index in [-0.39, 0.29) is 23.1 Å². The molecule has 0 saturated heterocycles. The Morgan fingerprint density at radius 3 is 2.69 bits per heavy atom. The number of halogens is 1. The highest BCUT2D eigenvalue weighted by Gasteiger charge is 2.13. The molecule has 0 aliphatic rings. The summed E-state index contributed by atoms with van der Waals surface area (Å²) in [5.41, 5.74) is 4.91. The molecule has 76 valence electrons. The third-order valence-corrected chi connectivity index (χ3v) is 2.03. The van der Waals surface area contributed by atoms with Gasteiger partial charge >= 0.3 is 5.97 Å². The Morgan fingerprint density at radius 1 is 1.62 bits per heavy atom. The minimum absolute atomic E-state index is 0.265. The van der Waals surface area contributed by atoms with Gasteiger partial charge in [0.25, 0.3) is 0 Å². The first-order valence-corrected chi connectivity index (χ1v) is 4.70. The molecule has 1 atom stereocenters. The molecule has 0 aromatic carbocycles. The van der Waals surface area contributed by atoms with E-state index in [1.807, 2.05) is 0 Å². The van der Waals surface area contributed by atoms with E-state index in [0.29, 0.717) is 13.1 Å². The van der Waals surface area contributed by atoms with Crippen LogP contribution in [-0.2, 0) is 14.3 Å². The molecule has 0 spiro atoms. The smallest absolute Gasteiger partial charge is 0.320 e. The van der Waals surface area contributed by atoms with Crippen molar-refractivity contribution in [2.45, 2.75) is 11.2 Å². The summed E-state index contributed by atoms with van der Waals surface area (Å²) in [7, 11) is 1.32. The fraction of sp³-hybridized carbons (Fsp3) is 0.714. The number of hydrogen-bond acceptors (Lipinski definition) is 4. The van der Waals surface area contributed by atoms with E-state index in [1.54, 1.807) is 0 Å². The highest BCUT2D eigenvalue weighted by molar-refractivity contribution is 9.10. The molecule has 3 N–H and O–H groups in total. The minimum Gasteiger partial charge on any atom is -0.468 e. The second-order valence-corrected chi connectivity index (χ2v) is 3.52. The van der Waals surface area contributed by atoms with Crippen molar-refractivity contribution in [3.05, 3.63) is 0 Å². The molecule has 5 nitrogen and oxygen atoms in total. The summed E-state index contributed by atoms with van der Waals surface area (Å²) in [6.45, 7) is 0.883. The average molecular weight is 253 g/mol. The Balaban J connectivity index is 3.42. The molecule has 1 amide bonds. The fourth-order valence-corrected chi connectivity index (χ4v) is 1.07. The molecule has 0 fully saturated rings. The minimum atomic E-state index is -0.384. The van der Waals surface area contributed by atoms with Crippen molar-refractivity contribution in [1.29, 1.82) is 0 Å². The number of nitrogens with two attached hydrogens (primary N) is 1. The lowest BCUT2D eigenvalue weighted by Crippen LogP contribution is -2.31. The van der Waals surface area contributed by atoms with Crippen LogP contribution in [0.2, 0.25) is 0 Å². The number of amides is 1. The number of nitrogens with one attached hydrogen (secondary N) is 1. The van der Waals surface area contributed by atoms with Crippen LogP contribution in [0.1, 0.15) is 6.42 Å². The number of esters is 1. The Morgan fingerprint density at radius 2 is 2.23 bits per heavy atom. The third-order valence-electron chi connectivity index (χ3n) is 1.33. The van der Waals surface area contributed by atoms with Crippen LogP contribution < -0.4 is 11.1 Å². The zero-order valence-corrected chi connectivity index (χ0v) is 8.96. The molecule has 0 radical (unpaired) electrons. The molecule has 0 bridgehead atoms. The Kier molecular flexibility index (Phi) is 6.52. The number of rotatable bonds is 6. The SMILES string of the molecule is COC(=O)C(Br)CNCCC(N)=O. The van der Waals surface area contributed by atoms with E-state index in [2.05, 4.69) is 26.0 Å². The van der Waals surface area contributed by atoms with Crippen LogP contribution in [0.3, 0.4) is 0 Å². The molecule has 0 aliphatic carbocycles. The number of methoxy groups -OCH3 is 1. The van der Waals surface area contributed by atoms with Gasteiger partial charge in [-0.05, 0) is 0 Å². The number of primary amides is 1. The lowest BCUT2D eigenvalue weighted by Gasteiger charge is -2.07. The predicted octanol–water partition coefficient (Wildman–Crippen LogP) is -0.612. The molecular weight excluding hydrogens is 240 g/mol. The van der Waals surface area contributed by atoms with Gasteiger partial charge in [-0.3, -0.25) is 9.59 Å². The van der Waals surface area contributed by atoms with Crippen LogP contribution in [0.15, 0.2) is 0 Å². The second-order valence-electron chi connectivity index (χ2n) is 2.41. The second kappa shape index (κ2) is 6.85. The van der Waals surface area contributed by atoms with Crippen molar-refractivity contribution in [3.8, 4) is 0 Å². The molecule has 0 rings (SSSR count). The van der Waals surface area contributed by atoms with Gasteiger partial charge < -0.3 is 15.8 Å². The van der Waals surface area contributed by atoms with Gasteiger partial charge in [-0.2, -0.15) is 0 Å². The zero-order chi connectivity index (χ0) is 10.3. The Labute approximate surface area is 85.1 Å². The summed E-state index contributed by atoms with van der Waals surface area (Å²) >= 11 is 3.12. The quantitative estimate of drug-likeness (QED) is 0.376. The summed E-state index contributed by atoms with van der Waals surface area (Å²) in [4.78, 5) is 20.8. The van der Waals surface area contributed by atoms with Gasteiger partial charge in [0.05, 0.1) is 7.11 Å². The van der Waals surface area contributed by atoms with Crippen molar-refractivity contribution in [2.24, 2.45) is 5.73 Å². The summed E-state index contributed by atoms with van der Waals surface area (Å²) in [5, 5.41) is 2.88. The van der Waals surface area contributed by atoms with Gasteiger partial charge in [0.2, 0.25) is 5.91 Å². The summed E-state index contributed by atoms with van der Waals surface area (Å²) in [6, 6.07) is 0. The largest absolute Gasteiger partial charge is 0.468 e. The first-order valence-electron chi connectivity index (χ1n) is 3.79. The molecule has 0 heterocycles. The van der Waals surface area contributed by atoms with Crippen LogP contribution in [0.25, 0.3) is 0 Å². The molecule has 0 aromatic heterocycles. The topological polar surface area (TPSA) is 81.4 Å². The predicted molar refractivity (Wildman–Crippen MR) is 51.4 cm³/mol. The van der Waals surface area contributed by atoms with Gasteiger partial charge in [0, 0.05) is 19.5 Å². The van der Waals surface area contributed by atoms with Crippen molar-refractivity contribution in [1.82, 2.24) is 5.32 Å². The summed E-state index contributed by atoms with van der Waals surface area (Å²) in [6.07, 6.45) is 0.265. The van der Waals surface area contributed by atoms with Gasteiger partial charge in [-0.15, -0.1) is 0 Å². The highest BCUT2D eigenvalue weighted by Crippen LogP contribution is 1.99. The van der Waals surface area contributed by atoms with Crippen molar-refractivity contribution >= 4 is 27.8 Å². The van der Waals surface area contributed by atoms with E-state index < -0.39 is 0 Å². The third kappa shape index (κ3) is 6.53. The molecule has 0 aromatic rings. The first-order chi connectivity index (χ1) is 6.07. The molecule has 6 heteroatoms. The van der Waals surface area contributed by atoms with E-state index in [9.17, 15) is 9.59 Å². The van der Waals surface area contributed by atoms with Crippen molar-refractivity contribution in [3.63, 3.8) is 0 Å². The number of carbonyl (C=O) groups excluding carboxylic acids is 2. The van der Waals surface area contributed by atoms with Gasteiger partial charge in [-0.1, -0.05) is 15.9 Å². The Hall–Kier alpha value is -0.620. The van der Waals surface area contributed by atoms with Gasteiger partial charge in [0.1, 0.15) is 4.83 Å². The average Bonchev–Trinajstić information content (AvgIpc) is 2.10. The monoisotopic (exact) mass is 252 g/mol. The van der Waals surface area contributed by atoms with Gasteiger partial charge in [0.15, 0.2) is 0 Å². The zero-order valence-electron chi connectivity index (χ0n) is 7.38. The lowest BCUT2D eigenvalue weighted by molar-refractivity contribution is -0.139. The van der Waals surface area contributed by atoms with E-state index in [1.165, 1.54) is 7.11 Å². The maximum Gasteiger partial charge on any atom is 0.320 e. The number of alkyl halides is 1. The van der Waals surface area contributed by atoms with Crippen LogP contribution in [0.5, 0.6) is 0 Å². The van der Waals surface area contributed by atoms with E-state index >= 15 is 0 Å². The summed E-state index contributed by atoms with van der Waals surface area (Å²) < 4.78 is 4.47. The summed E-state index contributed by atoms with van der Waals surface area (Å²) in [5.74, 6) is -0.705. The Bertz CT molecular complexity index is 187. The maximum atomic E-state index is 10.8. The molecule has 1 unspecified atom stereocenters. The molecule has 0 saturated carbocycles. The first kappa shape index (κ1) is 12.4. The molecule has 13 heavy (non-hydrogen) atoms. The van der Waals surface area contributed by atoms with Crippen molar-refractivity contribution in [2.75, 3.05) is 20.2 Å². The molecule has 0 aliphatic heterocycles.